The van der Waals surface area contributed by atoms with E-state index in [0.717, 1.165) is 68.8 Å². The molecule has 1 amide bonds. The molecule has 37 heavy (non-hydrogen) atoms. The number of halogens is 1. The second kappa shape index (κ2) is 13.9. The van der Waals surface area contributed by atoms with Crippen molar-refractivity contribution in [1.29, 1.82) is 0 Å². The molecular formula is C30H41FN2O4. The molecule has 2 fully saturated rings. The minimum Gasteiger partial charge on any atom is -0.493 e. The zero-order chi connectivity index (χ0) is 26.0. The Labute approximate surface area is 220 Å². The molecule has 202 valence electrons. The topological polar surface area (TPSA) is 51.2 Å². The molecule has 0 N–H and O–H groups in total. The second-order valence-electron chi connectivity index (χ2n) is 10.6. The van der Waals surface area contributed by atoms with Crippen LogP contribution in [0.1, 0.15) is 50.7 Å². The highest BCUT2D eigenvalue weighted by Gasteiger charge is 2.28. The highest BCUT2D eigenvalue weighted by Crippen LogP contribution is 2.23. The molecule has 6 nitrogen and oxygen atoms in total. The van der Waals surface area contributed by atoms with Gasteiger partial charge in [-0.1, -0.05) is 38.1 Å². The number of rotatable bonds is 11. The third-order valence-electron chi connectivity index (χ3n) is 7.18. The van der Waals surface area contributed by atoms with Crippen LogP contribution in [0.15, 0.2) is 48.5 Å². The number of ether oxygens (including phenoxy) is 3. The van der Waals surface area contributed by atoms with E-state index >= 15 is 0 Å². The lowest BCUT2D eigenvalue weighted by Gasteiger charge is -2.39. The Hall–Kier alpha value is -2.48. The minimum atomic E-state index is -0.261. The van der Waals surface area contributed by atoms with Gasteiger partial charge in [-0.3, -0.25) is 4.79 Å². The maximum Gasteiger partial charge on any atom is 0.227 e. The molecule has 0 radical (unpaired) electrons. The van der Waals surface area contributed by atoms with Gasteiger partial charge in [0.1, 0.15) is 18.4 Å². The fraction of sp³-hybridized carbons (Fsp3) is 0.567. The lowest BCUT2D eigenvalue weighted by atomic mass is 10.00. The van der Waals surface area contributed by atoms with E-state index in [1.54, 1.807) is 12.1 Å². The molecule has 0 unspecified atom stereocenters. The third kappa shape index (κ3) is 8.80. The van der Waals surface area contributed by atoms with Gasteiger partial charge in [-0.25, -0.2) is 4.39 Å². The van der Waals surface area contributed by atoms with Crippen molar-refractivity contribution in [2.75, 3.05) is 39.6 Å². The van der Waals surface area contributed by atoms with E-state index < -0.39 is 0 Å². The Balaban J connectivity index is 1.35. The number of amides is 1. The zero-order valence-corrected chi connectivity index (χ0v) is 22.2. The standard InChI is InChI=1S/C30H41FN2O4/c1-23(2)21-36-28-9-5-24(6-10-28)19-30(34)33(20-25-3-7-26(31)8-4-25)27-11-15-32(16-12-27)17-13-29-14-18-35-22-37-29/h3-10,23,27,29H,11-22H2,1-2H3/t29-/m1/s1. The Bertz CT molecular complexity index is 953. The van der Waals surface area contributed by atoms with Crippen molar-refractivity contribution in [1.82, 2.24) is 9.80 Å². The first-order valence-electron chi connectivity index (χ1n) is 13.6. The van der Waals surface area contributed by atoms with Crippen LogP contribution in [0.3, 0.4) is 0 Å². The van der Waals surface area contributed by atoms with Gasteiger partial charge in [-0.2, -0.15) is 0 Å². The SMILES string of the molecule is CC(C)COc1ccc(CC(=O)N(Cc2ccc(F)cc2)C2CCN(CC[C@@H]3CCOCO3)CC2)cc1. The summed E-state index contributed by atoms with van der Waals surface area (Å²) in [4.78, 5) is 18.1. The summed E-state index contributed by atoms with van der Waals surface area (Å²) >= 11 is 0. The number of carbonyl (C=O) groups excluding carboxylic acids is 1. The number of likely N-dealkylation sites (tertiary alicyclic amines) is 1. The average molecular weight is 513 g/mol. The lowest BCUT2D eigenvalue weighted by Crippen LogP contribution is -2.48. The van der Waals surface area contributed by atoms with E-state index in [0.29, 0.717) is 32.3 Å². The molecule has 0 saturated carbocycles. The van der Waals surface area contributed by atoms with E-state index in [9.17, 15) is 9.18 Å². The Kier molecular flexibility index (Phi) is 10.3. The van der Waals surface area contributed by atoms with Crippen LogP contribution in [0, 0.1) is 11.7 Å². The Morgan fingerprint density at radius 2 is 1.76 bits per heavy atom. The molecule has 2 aliphatic rings. The van der Waals surface area contributed by atoms with Crippen LogP contribution in [-0.4, -0.2) is 67.5 Å². The van der Waals surface area contributed by atoms with E-state index in [1.807, 2.05) is 29.2 Å². The number of piperidine rings is 1. The van der Waals surface area contributed by atoms with Gasteiger partial charge in [0.15, 0.2) is 0 Å². The highest BCUT2D eigenvalue weighted by atomic mass is 19.1. The molecule has 7 heteroatoms. The molecule has 0 bridgehead atoms. The summed E-state index contributed by atoms with van der Waals surface area (Å²) in [6.45, 7) is 9.52. The van der Waals surface area contributed by atoms with Crippen molar-refractivity contribution in [3.05, 3.63) is 65.5 Å². The van der Waals surface area contributed by atoms with Gasteiger partial charge in [0.2, 0.25) is 5.91 Å². The van der Waals surface area contributed by atoms with E-state index in [-0.39, 0.29) is 23.9 Å². The number of benzene rings is 2. The van der Waals surface area contributed by atoms with Crippen molar-refractivity contribution in [2.45, 2.75) is 64.6 Å². The van der Waals surface area contributed by atoms with Crippen LogP contribution in [0.25, 0.3) is 0 Å². The summed E-state index contributed by atoms with van der Waals surface area (Å²) < 4.78 is 30.2. The molecule has 0 aliphatic carbocycles. The summed E-state index contributed by atoms with van der Waals surface area (Å²) in [5.41, 5.74) is 1.92. The van der Waals surface area contributed by atoms with Crippen molar-refractivity contribution < 1.29 is 23.4 Å². The van der Waals surface area contributed by atoms with Crippen LogP contribution in [0.2, 0.25) is 0 Å². The van der Waals surface area contributed by atoms with Gasteiger partial charge in [0.05, 0.1) is 25.7 Å². The van der Waals surface area contributed by atoms with Crippen molar-refractivity contribution in [3.63, 3.8) is 0 Å². The predicted octanol–water partition coefficient (Wildman–Crippen LogP) is 5.05. The number of carbonyl (C=O) groups is 1. The van der Waals surface area contributed by atoms with E-state index in [4.69, 9.17) is 14.2 Å². The summed E-state index contributed by atoms with van der Waals surface area (Å²) in [6, 6.07) is 14.5. The molecule has 2 aliphatic heterocycles. The quantitative estimate of drug-likeness (QED) is 0.422. The highest BCUT2D eigenvalue weighted by molar-refractivity contribution is 5.79. The van der Waals surface area contributed by atoms with Crippen LogP contribution in [0.4, 0.5) is 4.39 Å². The van der Waals surface area contributed by atoms with Crippen LogP contribution in [-0.2, 0) is 27.2 Å². The number of hydrogen-bond acceptors (Lipinski definition) is 5. The van der Waals surface area contributed by atoms with Gasteiger partial charge >= 0.3 is 0 Å². The largest absolute Gasteiger partial charge is 0.493 e. The molecule has 4 rings (SSSR count). The van der Waals surface area contributed by atoms with Gasteiger partial charge in [-0.05, 0) is 67.0 Å². The van der Waals surface area contributed by atoms with Gasteiger partial charge in [-0.15, -0.1) is 0 Å². The maximum absolute atomic E-state index is 13.6. The monoisotopic (exact) mass is 512 g/mol. The zero-order valence-electron chi connectivity index (χ0n) is 22.2. The Morgan fingerprint density at radius 3 is 2.41 bits per heavy atom. The smallest absolute Gasteiger partial charge is 0.227 e. The maximum atomic E-state index is 13.6. The fourth-order valence-corrected chi connectivity index (χ4v) is 4.96. The lowest BCUT2D eigenvalue weighted by molar-refractivity contribution is -0.142. The molecule has 2 aromatic carbocycles. The van der Waals surface area contributed by atoms with Gasteiger partial charge < -0.3 is 24.0 Å². The molecule has 0 spiro atoms. The average Bonchev–Trinajstić information content (AvgIpc) is 2.92. The summed E-state index contributed by atoms with van der Waals surface area (Å²) in [7, 11) is 0. The number of nitrogens with zero attached hydrogens (tertiary/aromatic N) is 2. The molecule has 2 heterocycles. The minimum absolute atomic E-state index is 0.106. The fourth-order valence-electron chi connectivity index (χ4n) is 4.96. The first kappa shape index (κ1) is 27.6. The van der Waals surface area contributed by atoms with E-state index in [1.165, 1.54) is 12.1 Å². The molecule has 2 aromatic rings. The first-order chi connectivity index (χ1) is 18.0. The molecule has 0 aromatic heterocycles. The van der Waals surface area contributed by atoms with Gasteiger partial charge in [0, 0.05) is 32.2 Å². The van der Waals surface area contributed by atoms with Crippen molar-refractivity contribution >= 4 is 5.91 Å². The van der Waals surface area contributed by atoms with Crippen LogP contribution < -0.4 is 4.74 Å². The molecular weight excluding hydrogens is 471 g/mol. The van der Waals surface area contributed by atoms with E-state index in [2.05, 4.69) is 18.7 Å². The summed E-state index contributed by atoms with van der Waals surface area (Å²) in [5.74, 6) is 1.13. The predicted molar refractivity (Wildman–Crippen MR) is 142 cm³/mol. The van der Waals surface area contributed by atoms with Crippen LogP contribution in [0.5, 0.6) is 5.75 Å². The molecule has 1 atom stereocenters. The summed E-state index contributed by atoms with van der Waals surface area (Å²) in [5, 5.41) is 0. The first-order valence-corrected chi connectivity index (χ1v) is 13.6. The van der Waals surface area contributed by atoms with Crippen molar-refractivity contribution in [2.24, 2.45) is 5.92 Å². The Morgan fingerprint density at radius 1 is 1.05 bits per heavy atom. The number of hydrogen-bond donors (Lipinski definition) is 0. The third-order valence-corrected chi connectivity index (χ3v) is 7.18. The van der Waals surface area contributed by atoms with Crippen molar-refractivity contribution in [3.8, 4) is 5.75 Å². The normalized spacial score (nSPS) is 19.2. The molecule has 2 saturated heterocycles. The van der Waals surface area contributed by atoms with Gasteiger partial charge in [0.25, 0.3) is 0 Å². The summed E-state index contributed by atoms with van der Waals surface area (Å²) in [6.07, 6.45) is 4.47. The second-order valence-corrected chi connectivity index (χ2v) is 10.6. The van der Waals surface area contributed by atoms with Crippen LogP contribution >= 0.6 is 0 Å².